The Morgan fingerprint density at radius 2 is 2.00 bits per heavy atom. The maximum Gasteiger partial charge on any atom is 0.248 e. The highest BCUT2D eigenvalue weighted by Crippen LogP contribution is 2.29. The first-order valence-electron chi connectivity index (χ1n) is 11.2. The highest BCUT2D eigenvalue weighted by molar-refractivity contribution is 5.99. The number of aryl methyl sites for hydroxylation is 1. The molecule has 1 saturated heterocycles. The van der Waals surface area contributed by atoms with E-state index < -0.39 is 24.5 Å². The van der Waals surface area contributed by atoms with E-state index in [-0.39, 0.29) is 24.5 Å². The van der Waals surface area contributed by atoms with Crippen LogP contribution >= 0.6 is 0 Å². The molecule has 182 valence electrons. The first-order valence-corrected chi connectivity index (χ1v) is 11.2. The quantitative estimate of drug-likeness (QED) is 0.520. The van der Waals surface area contributed by atoms with Crippen LogP contribution in [0.2, 0.25) is 0 Å². The Morgan fingerprint density at radius 3 is 2.71 bits per heavy atom. The van der Waals surface area contributed by atoms with Crippen molar-refractivity contribution in [3.63, 3.8) is 0 Å². The molecule has 0 aliphatic carbocycles. The van der Waals surface area contributed by atoms with Gasteiger partial charge in [-0.25, -0.2) is 18.7 Å². The summed E-state index contributed by atoms with van der Waals surface area (Å²) in [5.74, 6) is -1.46. The van der Waals surface area contributed by atoms with Crippen molar-refractivity contribution in [1.82, 2.24) is 20.2 Å². The van der Waals surface area contributed by atoms with Gasteiger partial charge in [0.15, 0.2) is 11.6 Å². The number of aliphatic hydroxyl groups excluding tert-OH is 2. The lowest BCUT2D eigenvalue weighted by atomic mass is 9.88. The number of oxime groups is 1. The number of likely N-dealkylation sites (tertiary alicyclic amines) is 1. The molecule has 4 rings (SSSR count). The Balaban J connectivity index is 1.36. The van der Waals surface area contributed by atoms with Crippen molar-refractivity contribution in [2.75, 3.05) is 19.7 Å². The van der Waals surface area contributed by atoms with Crippen LogP contribution in [0.1, 0.15) is 48.3 Å². The van der Waals surface area contributed by atoms with Crippen LogP contribution in [0, 0.1) is 24.5 Å². The van der Waals surface area contributed by atoms with E-state index in [2.05, 4.69) is 20.4 Å². The molecule has 2 unspecified atom stereocenters. The number of aliphatic hydroxyl groups is 2. The molecule has 1 aromatic heterocycles. The summed E-state index contributed by atoms with van der Waals surface area (Å²) in [7, 11) is 0. The van der Waals surface area contributed by atoms with E-state index in [0.717, 1.165) is 25.0 Å². The van der Waals surface area contributed by atoms with E-state index in [4.69, 9.17) is 9.94 Å². The van der Waals surface area contributed by atoms with Gasteiger partial charge in [-0.2, -0.15) is 0 Å². The number of nitrogens with one attached hydrogen (secondary N) is 1. The number of piperidine rings is 1. The number of nitrogens with zero attached hydrogens (tertiary/aromatic N) is 4. The summed E-state index contributed by atoms with van der Waals surface area (Å²) < 4.78 is 26.5. The molecule has 9 nitrogen and oxygen atoms in total. The Labute approximate surface area is 195 Å². The van der Waals surface area contributed by atoms with Gasteiger partial charge in [0.25, 0.3) is 0 Å². The van der Waals surface area contributed by atoms with Gasteiger partial charge in [-0.3, -0.25) is 10.1 Å². The molecule has 0 radical (unpaired) electrons. The zero-order chi connectivity index (χ0) is 24.2. The standard InChI is InChI=1S/C23H27F2N5O4/c1-13-27-18(9-20(28-13)23(33)26-11-14-2-3-16(24)17(25)8-14)19-10-21(34-29-19)15-4-6-30(7-5-15)22(32)12-31/h2-3,8-9,15,21,23,26,31,33H,4-7,10-12H2,1H3. The van der Waals surface area contributed by atoms with E-state index in [1.54, 1.807) is 17.9 Å². The molecular formula is C23H27F2N5O4. The monoisotopic (exact) mass is 475 g/mol. The molecule has 1 amide bonds. The zero-order valence-electron chi connectivity index (χ0n) is 18.7. The maximum absolute atomic E-state index is 13.4. The smallest absolute Gasteiger partial charge is 0.248 e. The molecule has 0 saturated carbocycles. The number of amides is 1. The van der Waals surface area contributed by atoms with Crippen LogP contribution in [0.5, 0.6) is 0 Å². The third kappa shape index (κ3) is 5.54. The van der Waals surface area contributed by atoms with Gasteiger partial charge in [0.2, 0.25) is 5.91 Å². The molecule has 3 N–H and O–H groups in total. The lowest BCUT2D eigenvalue weighted by molar-refractivity contribution is -0.136. The predicted octanol–water partition coefficient (Wildman–Crippen LogP) is 1.57. The van der Waals surface area contributed by atoms with Crippen molar-refractivity contribution < 1.29 is 28.6 Å². The summed E-state index contributed by atoms with van der Waals surface area (Å²) >= 11 is 0. The SMILES string of the molecule is Cc1nc(C2=NOC(C3CCN(C(=O)CO)CC3)C2)cc(C(O)NCc2ccc(F)c(F)c2)n1. The number of carbonyl (C=O) groups excluding carboxylic acids is 1. The van der Waals surface area contributed by atoms with Crippen molar-refractivity contribution in [2.24, 2.45) is 11.1 Å². The Hall–Kier alpha value is -3.02. The van der Waals surface area contributed by atoms with Gasteiger partial charge in [0, 0.05) is 32.0 Å². The number of hydrogen-bond donors (Lipinski definition) is 3. The Morgan fingerprint density at radius 1 is 1.24 bits per heavy atom. The zero-order valence-corrected chi connectivity index (χ0v) is 18.7. The highest BCUT2D eigenvalue weighted by atomic mass is 19.2. The van der Waals surface area contributed by atoms with Crippen LogP contribution in [0.15, 0.2) is 29.4 Å². The van der Waals surface area contributed by atoms with Gasteiger partial charge < -0.3 is 20.0 Å². The molecular weight excluding hydrogens is 448 g/mol. The summed E-state index contributed by atoms with van der Waals surface area (Å²) in [6.45, 7) is 2.49. The van der Waals surface area contributed by atoms with E-state index in [0.29, 0.717) is 48.0 Å². The second-order valence-corrected chi connectivity index (χ2v) is 8.52. The fourth-order valence-corrected chi connectivity index (χ4v) is 4.27. The lowest BCUT2D eigenvalue weighted by Crippen LogP contribution is -2.42. The summed E-state index contributed by atoms with van der Waals surface area (Å²) in [4.78, 5) is 27.7. The second-order valence-electron chi connectivity index (χ2n) is 8.52. The molecule has 1 aromatic carbocycles. The number of benzene rings is 1. The minimum Gasteiger partial charge on any atom is -0.391 e. The largest absolute Gasteiger partial charge is 0.391 e. The Bertz CT molecular complexity index is 1080. The van der Waals surface area contributed by atoms with Crippen molar-refractivity contribution in [3.8, 4) is 0 Å². The molecule has 0 spiro atoms. The first kappa shape index (κ1) is 24.1. The second kappa shape index (κ2) is 10.5. The molecule has 2 aliphatic rings. The molecule has 2 aliphatic heterocycles. The first-order chi connectivity index (χ1) is 16.3. The number of rotatable bonds is 7. The summed E-state index contributed by atoms with van der Waals surface area (Å²) in [5, 5.41) is 26.6. The van der Waals surface area contributed by atoms with Crippen molar-refractivity contribution >= 4 is 11.6 Å². The van der Waals surface area contributed by atoms with Crippen LogP contribution in [0.4, 0.5) is 8.78 Å². The minimum absolute atomic E-state index is 0.111. The third-order valence-corrected chi connectivity index (χ3v) is 6.16. The molecule has 2 aromatic rings. The summed E-state index contributed by atoms with van der Waals surface area (Å²) in [6, 6.07) is 5.17. The molecule has 2 atom stereocenters. The third-order valence-electron chi connectivity index (χ3n) is 6.16. The fraction of sp³-hybridized carbons (Fsp3) is 0.478. The van der Waals surface area contributed by atoms with Crippen LogP contribution in [-0.2, 0) is 16.2 Å². The highest BCUT2D eigenvalue weighted by Gasteiger charge is 2.34. The van der Waals surface area contributed by atoms with Crippen LogP contribution in [-0.4, -0.2) is 62.5 Å². The normalized spacial score (nSPS) is 19.6. The van der Waals surface area contributed by atoms with Gasteiger partial charge in [-0.15, -0.1) is 0 Å². The van der Waals surface area contributed by atoms with Gasteiger partial charge in [0.05, 0.1) is 11.4 Å². The average molecular weight is 475 g/mol. The lowest BCUT2D eigenvalue weighted by Gasteiger charge is -2.33. The van der Waals surface area contributed by atoms with Gasteiger partial charge >= 0.3 is 0 Å². The fourth-order valence-electron chi connectivity index (χ4n) is 4.27. The van der Waals surface area contributed by atoms with E-state index in [1.165, 1.54) is 6.07 Å². The summed E-state index contributed by atoms with van der Waals surface area (Å²) in [6.07, 6.45) is 0.796. The van der Waals surface area contributed by atoms with E-state index in [1.807, 2.05) is 0 Å². The van der Waals surface area contributed by atoms with Gasteiger partial charge in [-0.1, -0.05) is 11.2 Å². The van der Waals surface area contributed by atoms with Crippen molar-refractivity contribution in [2.45, 2.75) is 45.1 Å². The van der Waals surface area contributed by atoms with E-state index >= 15 is 0 Å². The molecule has 3 heterocycles. The Kier molecular flexibility index (Phi) is 7.44. The predicted molar refractivity (Wildman–Crippen MR) is 117 cm³/mol. The molecule has 1 fully saturated rings. The number of halogens is 2. The van der Waals surface area contributed by atoms with Crippen molar-refractivity contribution in [3.05, 3.63) is 58.7 Å². The minimum atomic E-state index is -1.15. The van der Waals surface area contributed by atoms with Crippen LogP contribution in [0.25, 0.3) is 0 Å². The number of aromatic nitrogens is 2. The molecule has 34 heavy (non-hydrogen) atoms. The number of carbonyl (C=O) groups is 1. The molecule has 11 heteroatoms. The molecule has 0 bridgehead atoms. The summed E-state index contributed by atoms with van der Waals surface area (Å²) in [5.41, 5.74) is 2.00. The van der Waals surface area contributed by atoms with Gasteiger partial charge in [-0.05, 0) is 43.5 Å². The van der Waals surface area contributed by atoms with Gasteiger partial charge in [0.1, 0.15) is 30.5 Å². The van der Waals surface area contributed by atoms with E-state index in [9.17, 15) is 18.7 Å². The van der Waals surface area contributed by atoms with Crippen LogP contribution < -0.4 is 5.32 Å². The maximum atomic E-state index is 13.4. The van der Waals surface area contributed by atoms with Crippen molar-refractivity contribution in [1.29, 1.82) is 0 Å². The average Bonchev–Trinajstić information content (AvgIpc) is 3.34. The number of hydrogen-bond acceptors (Lipinski definition) is 8. The topological polar surface area (TPSA) is 120 Å². The van der Waals surface area contributed by atoms with Crippen LogP contribution in [0.3, 0.4) is 0 Å².